The predicted molar refractivity (Wildman–Crippen MR) is 60.1 cm³/mol. The zero-order valence-corrected chi connectivity index (χ0v) is 9.37. The minimum absolute atomic E-state index is 0.128. The van der Waals surface area contributed by atoms with Gasteiger partial charge < -0.3 is 10.4 Å². The highest BCUT2D eigenvalue weighted by molar-refractivity contribution is 5.81. The summed E-state index contributed by atoms with van der Waals surface area (Å²) >= 11 is 0. The Morgan fingerprint density at radius 1 is 1.53 bits per heavy atom. The third-order valence-electron chi connectivity index (χ3n) is 2.54. The molecule has 0 unspecified atom stereocenters. The zero-order valence-electron chi connectivity index (χ0n) is 9.37. The van der Waals surface area contributed by atoms with Gasteiger partial charge in [-0.25, -0.2) is 0 Å². The number of likely N-dealkylation sites (N-methyl/N-ethyl adjacent to an activating group) is 1. The van der Waals surface area contributed by atoms with E-state index in [1.54, 1.807) is 20.0 Å². The van der Waals surface area contributed by atoms with Crippen LogP contribution in [0.4, 0.5) is 0 Å². The molecule has 0 fully saturated rings. The van der Waals surface area contributed by atoms with Crippen LogP contribution >= 0.6 is 0 Å². The van der Waals surface area contributed by atoms with Crippen molar-refractivity contribution in [2.45, 2.75) is 26.3 Å². The number of benzene rings is 1. The van der Waals surface area contributed by atoms with Crippen molar-refractivity contribution >= 4 is 5.78 Å². The minimum Gasteiger partial charge on any atom is -0.508 e. The van der Waals surface area contributed by atoms with E-state index in [4.69, 9.17) is 0 Å². The van der Waals surface area contributed by atoms with Gasteiger partial charge >= 0.3 is 0 Å². The van der Waals surface area contributed by atoms with Crippen molar-refractivity contribution < 1.29 is 9.90 Å². The second-order valence-corrected chi connectivity index (χ2v) is 3.78. The molecule has 0 amide bonds. The quantitative estimate of drug-likeness (QED) is 0.785. The van der Waals surface area contributed by atoms with Crippen LogP contribution in [0.25, 0.3) is 0 Å². The Morgan fingerprint density at radius 2 is 2.20 bits per heavy atom. The summed E-state index contributed by atoms with van der Waals surface area (Å²) in [6, 6.07) is 5.27. The Morgan fingerprint density at radius 3 is 2.67 bits per heavy atom. The summed E-state index contributed by atoms with van der Waals surface area (Å²) in [6.07, 6.45) is 0.660. The summed E-state index contributed by atoms with van der Waals surface area (Å²) in [5.41, 5.74) is 1.89. The number of ketones is 1. The van der Waals surface area contributed by atoms with E-state index >= 15 is 0 Å². The Balaban J connectivity index is 2.80. The van der Waals surface area contributed by atoms with E-state index in [1.807, 2.05) is 19.1 Å². The van der Waals surface area contributed by atoms with Gasteiger partial charge in [0.25, 0.3) is 0 Å². The minimum atomic E-state index is -0.144. The first-order valence-corrected chi connectivity index (χ1v) is 5.00. The van der Waals surface area contributed by atoms with Gasteiger partial charge in [-0.1, -0.05) is 12.1 Å². The van der Waals surface area contributed by atoms with E-state index in [2.05, 4.69) is 5.32 Å². The van der Waals surface area contributed by atoms with Gasteiger partial charge in [0.05, 0.1) is 6.04 Å². The highest BCUT2D eigenvalue weighted by atomic mass is 16.3. The van der Waals surface area contributed by atoms with Gasteiger partial charge in [0.2, 0.25) is 0 Å². The van der Waals surface area contributed by atoms with E-state index in [1.165, 1.54) is 0 Å². The molecule has 1 aromatic carbocycles. The Labute approximate surface area is 90.1 Å². The maximum absolute atomic E-state index is 11.2. The lowest BCUT2D eigenvalue weighted by Crippen LogP contribution is -2.34. The molecule has 0 heterocycles. The third kappa shape index (κ3) is 3.06. The molecule has 15 heavy (non-hydrogen) atoms. The normalized spacial score (nSPS) is 12.5. The van der Waals surface area contributed by atoms with Crippen LogP contribution in [0.3, 0.4) is 0 Å². The molecule has 3 nitrogen and oxygen atoms in total. The number of aryl methyl sites for hydroxylation is 1. The second kappa shape index (κ2) is 4.94. The van der Waals surface area contributed by atoms with Crippen LogP contribution in [0, 0.1) is 6.92 Å². The average molecular weight is 207 g/mol. The predicted octanol–water partition coefficient (Wildman–Crippen LogP) is 1.42. The third-order valence-corrected chi connectivity index (χ3v) is 2.54. The molecule has 2 N–H and O–H groups in total. The highest BCUT2D eigenvalue weighted by Crippen LogP contribution is 2.17. The van der Waals surface area contributed by atoms with Gasteiger partial charge in [0.15, 0.2) is 0 Å². The summed E-state index contributed by atoms with van der Waals surface area (Å²) in [5.74, 6) is 0.422. The number of rotatable bonds is 4. The average Bonchev–Trinajstić information content (AvgIpc) is 2.19. The summed E-state index contributed by atoms with van der Waals surface area (Å²) in [6.45, 7) is 3.43. The molecule has 3 heteroatoms. The fourth-order valence-corrected chi connectivity index (χ4v) is 1.53. The largest absolute Gasteiger partial charge is 0.508 e. The second-order valence-electron chi connectivity index (χ2n) is 3.78. The standard InChI is InChI=1S/C12H17NO2/c1-8-6-10(4-5-12(8)15)7-11(13-3)9(2)14/h4-6,11,13,15H,7H2,1-3H3/t11-/m0/s1. The molecule has 0 spiro atoms. The van der Waals surface area contributed by atoms with Crippen molar-refractivity contribution in [3.05, 3.63) is 29.3 Å². The van der Waals surface area contributed by atoms with Gasteiger partial charge in [0.1, 0.15) is 11.5 Å². The first-order chi connectivity index (χ1) is 7.04. The number of carbonyl (C=O) groups is 1. The number of aromatic hydroxyl groups is 1. The maximum Gasteiger partial charge on any atom is 0.147 e. The molecular formula is C12H17NO2. The molecule has 1 atom stereocenters. The van der Waals surface area contributed by atoms with Crippen molar-refractivity contribution in [2.24, 2.45) is 0 Å². The van der Waals surface area contributed by atoms with E-state index in [9.17, 15) is 9.90 Å². The maximum atomic E-state index is 11.2. The molecule has 0 aliphatic heterocycles. The van der Waals surface area contributed by atoms with E-state index in [-0.39, 0.29) is 11.8 Å². The SMILES string of the molecule is CN[C@@H](Cc1ccc(O)c(C)c1)C(C)=O. The summed E-state index contributed by atoms with van der Waals surface area (Å²) < 4.78 is 0. The lowest BCUT2D eigenvalue weighted by atomic mass is 10.0. The van der Waals surface area contributed by atoms with Crippen LogP contribution in [0.5, 0.6) is 5.75 Å². The lowest BCUT2D eigenvalue weighted by Gasteiger charge is -2.13. The molecular weight excluding hydrogens is 190 g/mol. The van der Waals surface area contributed by atoms with Gasteiger partial charge in [-0.2, -0.15) is 0 Å². The number of hydrogen-bond donors (Lipinski definition) is 2. The van der Waals surface area contributed by atoms with Crippen LogP contribution in [0.15, 0.2) is 18.2 Å². The van der Waals surface area contributed by atoms with E-state index in [0.29, 0.717) is 12.2 Å². The highest BCUT2D eigenvalue weighted by Gasteiger charge is 2.12. The summed E-state index contributed by atoms with van der Waals surface area (Å²) in [5, 5.41) is 12.3. The zero-order chi connectivity index (χ0) is 11.4. The molecule has 0 aromatic heterocycles. The number of hydrogen-bond acceptors (Lipinski definition) is 3. The topological polar surface area (TPSA) is 49.3 Å². The Kier molecular flexibility index (Phi) is 3.86. The molecule has 0 saturated carbocycles. The van der Waals surface area contributed by atoms with E-state index < -0.39 is 0 Å². The first-order valence-electron chi connectivity index (χ1n) is 5.00. The molecule has 1 rings (SSSR count). The van der Waals surface area contributed by atoms with Crippen LogP contribution in [-0.2, 0) is 11.2 Å². The van der Waals surface area contributed by atoms with Crippen LogP contribution in [0.2, 0.25) is 0 Å². The van der Waals surface area contributed by atoms with Gasteiger partial charge in [-0.05, 0) is 44.5 Å². The van der Waals surface area contributed by atoms with Crippen LogP contribution in [-0.4, -0.2) is 24.0 Å². The number of nitrogens with one attached hydrogen (secondary N) is 1. The van der Waals surface area contributed by atoms with E-state index in [0.717, 1.165) is 11.1 Å². The number of phenolic OH excluding ortho intramolecular Hbond substituents is 1. The summed E-state index contributed by atoms with van der Waals surface area (Å²) in [4.78, 5) is 11.2. The van der Waals surface area contributed by atoms with Crippen molar-refractivity contribution in [1.82, 2.24) is 5.32 Å². The van der Waals surface area contributed by atoms with Gasteiger partial charge in [-0.15, -0.1) is 0 Å². The van der Waals surface area contributed by atoms with Crippen molar-refractivity contribution in [3.8, 4) is 5.75 Å². The van der Waals surface area contributed by atoms with Crippen LogP contribution in [0.1, 0.15) is 18.1 Å². The molecule has 1 aromatic rings. The molecule has 0 bridgehead atoms. The molecule has 82 valence electrons. The number of carbonyl (C=O) groups excluding carboxylic acids is 1. The summed E-state index contributed by atoms with van der Waals surface area (Å²) in [7, 11) is 1.78. The Hall–Kier alpha value is -1.35. The van der Waals surface area contributed by atoms with Crippen molar-refractivity contribution in [3.63, 3.8) is 0 Å². The monoisotopic (exact) mass is 207 g/mol. The lowest BCUT2D eigenvalue weighted by molar-refractivity contribution is -0.118. The van der Waals surface area contributed by atoms with Gasteiger partial charge in [-0.3, -0.25) is 4.79 Å². The van der Waals surface area contributed by atoms with Crippen molar-refractivity contribution in [2.75, 3.05) is 7.05 Å². The molecule has 0 saturated heterocycles. The smallest absolute Gasteiger partial charge is 0.147 e. The molecule has 0 radical (unpaired) electrons. The van der Waals surface area contributed by atoms with Gasteiger partial charge in [0, 0.05) is 0 Å². The number of Topliss-reactive ketones (excluding diaryl/α,β-unsaturated/α-hetero) is 1. The van der Waals surface area contributed by atoms with Crippen LogP contribution < -0.4 is 5.32 Å². The van der Waals surface area contributed by atoms with Crippen molar-refractivity contribution in [1.29, 1.82) is 0 Å². The number of phenols is 1. The molecule has 0 aliphatic carbocycles. The fraction of sp³-hybridized carbons (Fsp3) is 0.417. The Bertz CT molecular complexity index is 361. The fourth-order valence-electron chi connectivity index (χ4n) is 1.53. The molecule has 0 aliphatic rings. The first kappa shape index (κ1) is 11.7.